The van der Waals surface area contributed by atoms with E-state index < -0.39 is 0 Å². The minimum absolute atomic E-state index is 0.707. The van der Waals surface area contributed by atoms with Crippen LogP contribution in [0.5, 0.6) is 0 Å². The first-order valence-corrected chi connectivity index (χ1v) is 11.0. The van der Waals surface area contributed by atoms with Crippen LogP contribution in [0.25, 0.3) is 61.0 Å². The fraction of sp³-hybridized carbons (Fsp3) is 0.0345. The molecule has 0 atom stereocenters. The summed E-state index contributed by atoms with van der Waals surface area (Å²) in [5.41, 5.74) is 7.72. The van der Waals surface area contributed by atoms with Gasteiger partial charge in [-0.05, 0) is 43.3 Å². The number of benzene rings is 4. The minimum atomic E-state index is 0.707. The summed E-state index contributed by atoms with van der Waals surface area (Å²) < 4.78 is 8.34. The van der Waals surface area contributed by atoms with Gasteiger partial charge in [0.15, 0.2) is 11.4 Å². The van der Waals surface area contributed by atoms with Gasteiger partial charge in [-0.15, -0.1) is 0 Å². The number of furan rings is 1. The van der Waals surface area contributed by atoms with Crippen LogP contribution in [0, 0.1) is 6.92 Å². The zero-order chi connectivity index (χ0) is 21.9. The van der Waals surface area contributed by atoms with E-state index in [0.717, 1.165) is 44.5 Å². The summed E-state index contributed by atoms with van der Waals surface area (Å²) in [4.78, 5) is 9.76. The monoisotopic (exact) mass is 425 g/mol. The van der Waals surface area contributed by atoms with Crippen LogP contribution in [-0.4, -0.2) is 14.5 Å². The molecule has 4 nitrogen and oxygen atoms in total. The number of fused-ring (bicyclic) bond motifs is 6. The minimum Gasteiger partial charge on any atom is -0.452 e. The number of hydrogen-bond donors (Lipinski definition) is 0. The van der Waals surface area contributed by atoms with Crippen LogP contribution in [0.2, 0.25) is 0 Å². The van der Waals surface area contributed by atoms with E-state index in [1.165, 1.54) is 16.3 Å². The van der Waals surface area contributed by atoms with Crippen molar-refractivity contribution >= 4 is 43.9 Å². The molecule has 0 amide bonds. The molecule has 0 aliphatic rings. The number of aromatic nitrogens is 3. The molecule has 0 radical (unpaired) electrons. The predicted octanol–water partition coefficient (Wildman–Crippen LogP) is 7.45. The number of hydrogen-bond acceptors (Lipinski definition) is 3. The van der Waals surface area contributed by atoms with E-state index in [2.05, 4.69) is 71.3 Å². The molecule has 4 heteroatoms. The van der Waals surface area contributed by atoms with Crippen LogP contribution in [0.3, 0.4) is 0 Å². The van der Waals surface area contributed by atoms with E-state index in [4.69, 9.17) is 14.4 Å². The molecular weight excluding hydrogens is 406 g/mol. The zero-order valence-electron chi connectivity index (χ0n) is 18.0. The second-order valence-electron chi connectivity index (χ2n) is 8.33. The molecule has 156 valence electrons. The lowest BCUT2D eigenvalue weighted by molar-refractivity contribution is 0.661. The molecule has 0 N–H and O–H groups in total. The van der Waals surface area contributed by atoms with E-state index in [-0.39, 0.29) is 0 Å². The standard InChI is InChI=1S/C29H19N3O/c1-18-28-27(23-12-6-8-14-26(23)33-28)31-29(30-18)19-15-16-22-21-11-5-7-13-24(21)32(25(22)17-19)20-9-3-2-4-10-20/h2-17H,1H3. The predicted molar refractivity (Wildman–Crippen MR) is 134 cm³/mol. The SMILES string of the molecule is Cc1nc(-c2ccc3c4ccccc4n(-c4ccccc4)c3c2)nc2c1oc1ccccc12. The Bertz CT molecular complexity index is 1830. The second-order valence-corrected chi connectivity index (χ2v) is 8.33. The van der Waals surface area contributed by atoms with Gasteiger partial charge in [-0.2, -0.15) is 0 Å². The van der Waals surface area contributed by atoms with Crippen molar-refractivity contribution in [2.45, 2.75) is 6.92 Å². The molecular formula is C29H19N3O. The van der Waals surface area contributed by atoms with E-state index in [1.54, 1.807) is 0 Å². The Morgan fingerprint density at radius 1 is 0.667 bits per heavy atom. The van der Waals surface area contributed by atoms with Gasteiger partial charge in [0.1, 0.15) is 11.1 Å². The summed E-state index contributed by atoms with van der Waals surface area (Å²) in [5, 5.41) is 3.46. The average molecular weight is 425 g/mol. The lowest BCUT2D eigenvalue weighted by atomic mass is 10.1. The van der Waals surface area contributed by atoms with Crippen molar-refractivity contribution in [3.63, 3.8) is 0 Å². The summed E-state index contributed by atoms with van der Waals surface area (Å²) >= 11 is 0. The fourth-order valence-electron chi connectivity index (χ4n) is 4.82. The van der Waals surface area contributed by atoms with Gasteiger partial charge in [0.05, 0.1) is 16.7 Å². The Morgan fingerprint density at radius 2 is 1.39 bits per heavy atom. The van der Waals surface area contributed by atoms with Crippen molar-refractivity contribution in [2.75, 3.05) is 0 Å². The number of rotatable bonds is 2. The van der Waals surface area contributed by atoms with E-state index >= 15 is 0 Å². The Balaban J connectivity index is 1.53. The number of nitrogens with zero attached hydrogens (tertiary/aromatic N) is 3. The average Bonchev–Trinajstić information content (AvgIpc) is 3.40. The largest absolute Gasteiger partial charge is 0.452 e. The highest BCUT2D eigenvalue weighted by molar-refractivity contribution is 6.10. The van der Waals surface area contributed by atoms with Crippen molar-refractivity contribution in [1.29, 1.82) is 0 Å². The summed E-state index contributed by atoms with van der Waals surface area (Å²) in [5.74, 6) is 0.707. The lowest BCUT2D eigenvalue weighted by Crippen LogP contribution is -1.95. The van der Waals surface area contributed by atoms with Crippen molar-refractivity contribution in [2.24, 2.45) is 0 Å². The molecule has 0 saturated heterocycles. The maximum atomic E-state index is 6.03. The smallest absolute Gasteiger partial charge is 0.175 e. The Morgan fingerprint density at radius 3 is 2.27 bits per heavy atom. The van der Waals surface area contributed by atoms with Gasteiger partial charge in [0, 0.05) is 27.4 Å². The molecule has 0 saturated carbocycles. The zero-order valence-corrected chi connectivity index (χ0v) is 18.0. The lowest BCUT2D eigenvalue weighted by Gasteiger charge is -2.08. The Hall–Kier alpha value is -4.44. The van der Waals surface area contributed by atoms with E-state index in [0.29, 0.717) is 5.82 Å². The molecule has 33 heavy (non-hydrogen) atoms. The topological polar surface area (TPSA) is 43.9 Å². The molecule has 0 fully saturated rings. The molecule has 0 aliphatic carbocycles. The molecule has 4 aromatic carbocycles. The molecule has 0 bridgehead atoms. The van der Waals surface area contributed by atoms with Crippen LogP contribution in [-0.2, 0) is 0 Å². The van der Waals surface area contributed by atoms with Crippen LogP contribution >= 0.6 is 0 Å². The number of aryl methyl sites for hydroxylation is 1. The van der Waals surface area contributed by atoms with Crippen molar-refractivity contribution in [3.8, 4) is 17.1 Å². The summed E-state index contributed by atoms with van der Waals surface area (Å²) in [7, 11) is 0. The first-order chi connectivity index (χ1) is 16.3. The first-order valence-electron chi connectivity index (χ1n) is 11.0. The molecule has 0 aliphatic heterocycles. The fourth-order valence-corrected chi connectivity index (χ4v) is 4.82. The van der Waals surface area contributed by atoms with Crippen molar-refractivity contribution in [1.82, 2.24) is 14.5 Å². The normalized spacial score (nSPS) is 11.8. The molecule has 3 aromatic heterocycles. The summed E-state index contributed by atoms with van der Waals surface area (Å²) in [6.07, 6.45) is 0. The molecule has 3 heterocycles. The van der Waals surface area contributed by atoms with Crippen molar-refractivity contribution in [3.05, 3.63) is 103 Å². The summed E-state index contributed by atoms with van der Waals surface area (Å²) in [6.45, 7) is 1.98. The Kier molecular flexibility index (Phi) is 3.73. The molecule has 7 rings (SSSR count). The van der Waals surface area contributed by atoms with E-state index in [9.17, 15) is 0 Å². The van der Waals surface area contributed by atoms with Gasteiger partial charge in [-0.1, -0.05) is 60.7 Å². The third-order valence-electron chi connectivity index (χ3n) is 6.34. The first kappa shape index (κ1) is 18.2. The highest BCUT2D eigenvalue weighted by Gasteiger charge is 2.17. The maximum absolute atomic E-state index is 6.03. The number of para-hydroxylation sites is 3. The third kappa shape index (κ3) is 2.64. The third-order valence-corrected chi connectivity index (χ3v) is 6.34. The molecule has 0 spiro atoms. The van der Waals surface area contributed by atoms with Gasteiger partial charge in [-0.3, -0.25) is 0 Å². The van der Waals surface area contributed by atoms with Crippen LogP contribution in [0.15, 0.2) is 101 Å². The van der Waals surface area contributed by atoms with E-state index in [1.807, 2.05) is 37.3 Å². The quantitative estimate of drug-likeness (QED) is 0.289. The summed E-state index contributed by atoms with van der Waals surface area (Å²) in [6, 6.07) is 33.5. The molecule has 7 aromatic rings. The highest BCUT2D eigenvalue weighted by atomic mass is 16.3. The maximum Gasteiger partial charge on any atom is 0.175 e. The van der Waals surface area contributed by atoms with Gasteiger partial charge >= 0.3 is 0 Å². The van der Waals surface area contributed by atoms with Gasteiger partial charge < -0.3 is 8.98 Å². The van der Waals surface area contributed by atoms with Crippen LogP contribution < -0.4 is 0 Å². The van der Waals surface area contributed by atoms with Gasteiger partial charge in [0.25, 0.3) is 0 Å². The molecule has 0 unspecified atom stereocenters. The second kappa shape index (κ2) is 6.78. The highest BCUT2D eigenvalue weighted by Crippen LogP contribution is 2.35. The van der Waals surface area contributed by atoms with Crippen LogP contribution in [0.4, 0.5) is 0 Å². The van der Waals surface area contributed by atoms with Crippen LogP contribution in [0.1, 0.15) is 5.69 Å². The van der Waals surface area contributed by atoms with Gasteiger partial charge in [0.2, 0.25) is 0 Å². The van der Waals surface area contributed by atoms with Crippen molar-refractivity contribution < 1.29 is 4.42 Å². The Labute approximate surface area is 189 Å². The van der Waals surface area contributed by atoms with Gasteiger partial charge in [-0.25, -0.2) is 9.97 Å².